The van der Waals surface area contributed by atoms with Gasteiger partial charge in [-0.1, -0.05) is 30.3 Å². The molecule has 0 radical (unpaired) electrons. The molecule has 5 heterocycles. The average molecular weight is 557 g/mol. The minimum atomic E-state index is 0.375. The Morgan fingerprint density at radius 3 is 2.41 bits per heavy atom. The lowest BCUT2D eigenvalue weighted by Gasteiger charge is -2.39. The van der Waals surface area contributed by atoms with Crippen molar-refractivity contribution in [2.24, 2.45) is 0 Å². The summed E-state index contributed by atoms with van der Waals surface area (Å²) in [4.78, 5) is 12.6. The van der Waals surface area contributed by atoms with Gasteiger partial charge in [-0.15, -0.1) is 0 Å². The van der Waals surface area contributed by atoms with Crippen LogP contribution in [0.3, 0.4) is 0 Å². The lowest BCUT2D eigenvalue weighted by molar-refractivity contribution is 0.00791. The minimum absolute atomic E-state index is 0.375. The fourth-order valence-corrected chi connectivity index (χ4v) is 6.58. The van der Waals surface area contributed by atoms with Crippen LogP contribution in [0.25, 0.3) is 11.0 Å². The van der Waals surface area contributed by atoms with Crippen molar-refractivity contribution in [3.8, 4) is 0 Å². The quantitative estimate of drug-likeness (QED) is 0.319. The van der Waals surface area contributed by atoms with E-state index in [1.807, 2.05) is 10.9 Å². The van der Waals surface area contributed by atoms with Gasteiger partial charge in [-0.25, -0.2) is 4.98 Å². The topological polar surface area (TPSA) is 94.3 Å². The van der Waals surface area contributed by atoms with Gasteiger partial charge >= 0.3 is 0 Å². The van der Waals surface area contributed by atoms with Crippen LogP contribution in [0, 0.1) is 0 Å². The Kier molecular flexibility index (Phi) is 7.85. The SMILES string of the molecule is c1ccc(Cn2ccc3nc(Nc4cnn(C5CCOCC5)c4)nc(NC4CCC(N5CCOCC5)CC4)c32)cc1. The van der Waals surface area contributed by atoms with Crippen molar-refractivity contribution >= 4 is 28.5 Å². The van der Waals surface area contributed by atoms with Crippen LogP contribution in [0.5, 0.6) is 0 Å². The molecule has 7 rings (SSSR count). The molecule has 1 aromatic carbocycles. The molecule has 3 aromatic heterocycles. The van der Waals surface area contributed by atoms with E-state index in [0.717, 1.165) is 94.3 Å². The summed E-state index contributed by atoms with van der Waals surface area (Å²) >= 11 is 0. The highest BCUT2D eigenvalue weighted by atomic mass is 16.5. The van der Waals surface area contributed by atoms with Crippen LogP contribution in [-0.4, -0.2) is 80.8 Å². The monoisotopic (exact) mass is 556 g/mol. The minimum Gasteiger partial charge on any atom is -0.381 e. The third kappa shape index (κ3) is 6.10. The summed E-state index contributed by atoms with van der Waals surface area (Å²) < 4.78 is 15.4. The van der Waals surface area contributed by atoms with Gasteiger partial charge in [0.1, 0.15) is 5.52 Å². The highest BCUT2D eigenvalue weighted by molar-refractivity contribution is 5.88. The van der Waals surface area contributed by atoms with Gasteiger partial charge in [0, 0.05) is 57.3 Å². The van der Waals surface area contributed by atoms with E-state index in [0.29, 0.717) is 24.1 Å². The first-order chi connectivity index (χ1) is 20.3. The van der Waals surface area contributed by atoms with Crippen molar-refractivity contribution in [1.82, 2.24) is 29.2 Å². The number of hydrogen-bond donors (Lipinski definition) is 2. The maximum absolute atomic E-state index is 5.58. The summed E-state index contributed by atoms with van der Waals surface area (Å²) in [5.41, 5.74) is 4.13. The summed E-state index contributed by atoms with van der Waals surface area (Å²) in [6.07, 6.45) is 12.7. The fraction of sp³-hybridized carbons (Fsp3) is 0.516. The molecule has 2 saturated heterocycles. The Labute approximate surface area is 241 Å². The molecule has 1 aliphatic carbocycles. The van der Waals surface area contributed by atoms with Crippen LogP contribution < -0.4 is 10.6 Å². The van der Waals surface area contributed by atoms with E-state index in [4.69, 9.17) is 19.4 Å². The molecular weight excluding hydrogens is 516 g/mol. The van der Waals surface area contributed by atoms with Crippen LogP contribution in [0.4, 0.5) is 17.5 Å². The van der Waals surface area contributed by atoms with Gasteiger partial charge in [0.05, 0.1) is 36.7 Å². The van der Waals surface area contributed by atoms with E-state index in [1.165, 1.54) is 18.4 Å². The molecule has 10 heteroatoms. The molecule has 10 nitrogen and oxygen atoms in total. The number of nitrogens with one attached hydrogen (secondary N) is 2. The van der Waals surface area contributed by atoms with Crippen LogP contribution in [-0.2, 0) is 16.0 Å². The van der Waals surface area contributed by atoms with Gasteiger partial charge in [-0.05, 0) is 50.2 Å². The normalized spacial score (nSPS) is 22.6. The molecule has 0 unspecified atom stereocenters. The molecule has 4 aromatic rings. The molecule has 0 atom stereocenters. The van der Waals surface area contributed by atoms with E-state index < -0.39 is 0 Å². The van der Waals surface area contributed by atoms with E-state index in [9.17, 15) is 0 Å². The largest absolute Gasteiger partial charge is 0.381 e. The molecular formula is C31H40N8O2. The standard InChI is InChI=1S/C31H40N8O2/c1-2-4-23(5-3-1)21-38-13-10-28-29(38)30(33-24-6-8-26(9-7-24)37-14-18-41-19-15-37)36-31(35-28)34-25-20-32-39(22-25)27-11-16-40-17-12-27/h1-5,10,13,20,22,24,26-27H,6-9,11-12,14-19,21H2,(H2,33,34,35,36). The molecule has 2 N–H and O–H groups in total. The second kappa shape index (κ2) is 12.2. The zero-order chi connectivity index (χ0) is 27.4. The lowest BCUT2D eigenvalue weighted by Crippen LogP contribution is -2.46. The Morgan fingerprint density at radius 2 is 1.61 bits per heavy atom. The molecule has 0 amide bonds. The molecule has 41 heavy (non-hydrogen) atoms. The van der Waals surface area contributed by atoms with Crippen LogP contribution >= 0.6 is 0 Å². The van der Waals surface area contributed by atoms with Gasteiger partial charge in [0.2, 0.25) is 5.95 Å². The first-order valence-corrected chi connectivity index (χ1v) is 15.2. The zero-order valence-electron chi connectivity index (χ0n) is 23.6. The van der Waals surface area contributed by atoms with Crippen LogP contribution in [0.15, 0.2) is 55.0 Å². The number of anilines is 3. The Balaban J connectivity index is 1.12. The Morgan fingerprint density at radius 1 is 0.829 bits per heavy atom. The van der Waals surface area contributed by atoms with E-state index >= 15 is 0 Å². The van der Waals surface area contributed by atoms with E-state index in [2.05, 4.69) is 74.0 Å². The highest BCUT2D eigenvalue weighted by Crippen LogP contribution is 2.31. The highest BCUT2D eigenvalue weighted by Gasteiger charge is 2.28. The number of hydrogen-bond acceptors (Lipinski definition) is 8. The number of benzene rings is 1. The number of morpholine rings is 1. The second-order valence-electron chi connectivity index (χ2n) is 11.5. The van der Waals surface area contributed by atoms with Crippen LogP contribution in [0.2, 0.25) is 0 Å². The summed E-state index contributed by atoms with van der Waals surface area (Å²) in [7, 11) is 0. The van der Waals surface area contributed by atoms with Crippen molar-refractivity contribution in [3.05, 3.63) is 60.6 Å². The first kappa shape index (κ1) is 26.4. The van der Waals surface area contributed by atoms with Crippen molar-refractivity contribution in [3.63, 3.8) is 0 Å². The first-order valence-electron chi connectivity index (χ1n) is 15.2. The van der Waals surface area contributed by atoms with Gasteiger partial charge in [0.15, 0.2) is 5.82 Å². The number of ether oxygens (including phenoxy) is 2. The maximum atomic E-state index is 5.58. The second-order valence-corrected chi connectivity index (χ2v) is 11.5. The lowest BCUT2D eigenvalue weighted by atomic mass is 9.90. The van der Waals surface area contributed by atoms with Crippen LogP contribution in [0.1, 0.15) is 50.1 Å². The fourth-order valence-electron chi connectivity index (χ4n) is 6.58. The van der Waals surface area contributed by atoms with E-state index in [1.54, 1.807) is 0 Å². The Hall–Kier alpha value is -3.47. The van der Waals surface area contributed by atoms with Crippen molar-refractivity contribution in [2.75, 3.05) is 50.2 Å². The summed E-state index contributed by atoms with van der Waals surface area (Å²) in [5.74, 6) is 1.48. The molecule has 3 fully saturated rings. The maximum Gasteiger partial charge on any atom is 0.229 e. The third-order valence-electron chi connectivity index (χ3n) is 8.83. The summed E-state index contributed by atoms with van der Waals surface area (Å²) in [6, 6.07) is 14.1. The summed E-state index contributed by atoms with van der Waals surface area (Å²) in [5, 5.41) is 11.9. The van der Waals surface area contributed by atoms with Gasteiger partial charge in [-0.3, -0.25) is 9.58 Å². The summed E-state index contributed by atoms with van der Waals surface area (Å²) in [6.45, 7) is 6.19. The molecule has 0 spiro atoms. The predicted molar refractivity (Wildman–Crippen MR) is 160 cm³/mol. The van der Waals surface area contributed by atoms with E-state index in [-0.39, 0.29) is 0 Å². The zero-order valence-corrected chi connectivity index (χ0v) is 23.6. The molecule has 2 aliphatic heterocycles. The molecule has 1 saturated carbocycles. The molecule has 216 valence electrons. The third-order valence-corrected chi connectivity index (χ3v) is 8.83. The van der Waals surface area contributed by atoms with Gasteiger partial charge < -0.3 is 24.7 Å². The number of rotatable bonds is 8. The van der Waals surface area contributed by atoms with Crippen molar-refractivity contribution < 1.29 is 9.47 Å². The average Bonchev–Trinajstić information content (AvgIpc) is 3.66. The van der Waals surface area contributed by atoms with Crippen molar-refractivity contribution in [1.29, 1.82) is 0 Å². The smallest absolute Gasteiger partial charge is 0.229 e. The number of nitrogens with zero attached hydrogens (tertiary/aromatic N) is 6. The van der Waals surface area contributed by atoms with Gasteiger partial charge in [0.25, 0.3) is 0 Å². The van der Waals surface area contributed by atoms with Gasteiger partial charge in [-0.2, -0.15) is 10.1 Å². The number of fused-ring (bicyclic) bond motifs is 1. The predicted octanol–water partition coefficient (Wildman–Crippen LogP) is 4.83. The van der Waals surface area contributed by atoms with Crippen molar-refractivity contribution in [2.45, 2.75) is 63.2 Å². The number of aromatic nitrogens is 5. The molecule has 0 bridgehead atoms. The Bertz CT molecular complexity index is 1420. The molecule has 3 aliphatic rings.